The molecule has 0 spiro atoms. The van der Waals surface area contributed by atoms with E-state index in [1.54, 1.807) is 6.07 Å². The fourth-order valence-corrected chi connectivity index (χ4v) is 2.69. The number of Topliss-reactive ketones (excluding diaryl/α,β-unsaturated/α-hetero) is 1. The molecule has 0 saturated heterocycles. The van der Waals surface area contributed by atoms with Crippen molar-refractivity contribution in [1.82, 2.24) is 0 Å². The van der Waals surface area contributed by atoms with Crippen LogP contribution in [0.1, 0.15) is 22.8 Å². The standard InChI is InChI=1S/C12H14BrNO3/c1-2-7-8(9(15)6-14)5-10-12(11(7)13)17-4-3-16-10/h5H,2-4,6,14H2,1H3. The molecule has 1 aromatic rings. The number of hydrogen-bond acceptors (Lipinski definition) is 4. The Hall–Kier alpha value is -1.07. The van der Waals surface area contributed by atoms with Crippen molar-refractivity contribution >= 4 is 21.7 Å². The Balaban J connectivity index is 2.59. The molecule has 92 valence electrons. The number of ketones is 1. The predicted octanol–water partition coefficient (Wildman–Crippen LogP) is 1.92. The van der Waals surface area contributed by atoms with Crippen molar-refractivity contribution in [3.8, 4) is 11.5 Å². The van der Waals surface area contributed by atoms with Crippen molar-refractivity contribution < 1.29 is 14.3 Å². The molecule has 2 rings (SSSR count). The molecule has 1 aliphatic heterocycles. The van der Waals surface area contributed by atoms with Crippen LogP contribution >= 0.6 is 15.9 Å². The molecule has 1 aromatic carbocycles. The number of ether oxygens (including phenoxy) is 2. The van der Waals surface area contributed by atoms with Gasteiger partial charge in [0.1, 0.15) is 13.2 Å². The van der Waals surface area contributed by atoms with E-state index in [4.69, 9.17) is 15.2 Å². The van der Waals surface area contributed by atoms with Gasteiger partial charge in [-0.1, -0.05) is 6.92 Å². The zero-order valence-corrected chi connectivity index (χ0v) is 11.2. The Labute approximate surface area is 108 Å². The Morgan fingerprint density at radius 1 is 1.47 bits per heavy atom. The van der Waals surface area contributed by atoms with E-state index >= 15 is 0 Å². The molecular weight excluding hydrogens is 286 g/mol. The number of fused-ring (bicyclic) bond motifs is 1. The van der Waals surface area contributed by atoms with Crippen molar-refractivity contribution in [3.05, 3.63) is 21.7 Å². The molecule has 1 aliphatic rings. The first-order valence-corrected chi connectivity index (χ1v) is 6.32. The Morgan fingerprint density at radius 3 is 2.82 bits per heavy atom. The molecular formula is C12H14BrNO3. The SMILES string of the molecule is CCc1c(C(=O)CN)cc2c(c1Br)OCCO2. The highest BCUT2D eigenvalue weighted by Gasteiger charge is 2.22. The van der Waals surface area contributed by atoms with E-state index in [0.29, 0.717) is 30.3 Å². The van der Waals surface area contributed by atoms with E-state index in [1.165, 1.54) is 0 Å². The molecule has 17 heavy (non-hydrogen) atoms. The van der Waals surface area contributed by atoms with Crippen molar-refractivity contribution in [3.63, 3.8) is 0 Å². The highest BCUT2D eigenvalue weighted by molar-refractivity contribution is 9.10. The molecule has 0 atom stereocenters. The number of hydrogen-bond donors (Lipinski definition) is 1. The summed E-state index contributed by atoms with van der Waals surface area (Å²) in [5.74, 6) is 1.21. The third kappa shape index (κ3) is 2.17. The van der Waals surface area contributed by atoms with Gasteiger partial charge in [-0.15, -0.1) is 0 Å². The molecule has 0 unspecified atom stereocenters. The molecule has 2 N–H and O–H groups in total. The summed E-state index contributed by atoms with van der Waals surface area (Å²) in [6, 6.07) is 1.73. The van der Waals surface area contributed by atoms with Crippen LogP contribution in [0, 0.1) is 0 Å². The topological polar surface area (TPSA) is 61.6 Å². The zero-order chi connectivity index (χ0) is 12.4. The van der Waals surface area contributed by atoms with Gasteiger partial charge in [0.05, 0.1) is 11.0 Å². The van der Waals surface area contributed by atoms with Crippen LogP contribution in [0.2, 0.25) is 0 Å². The molecule has 1 heterocycles. The Bertz CT molecular complexity index is 460. The minimum atomic E-state index is -0.0838. The maximum Gasteiger partial charge on any atom is 0.176 e. The molecule has 0 saturated carbocycles. The molecule has 0 fully saturated rings. The van der Waals surface area contributed by atoms with E-state index in [1.807, 2.05) is 6.92 Å². The van der Waals surface area contributed by atoms with Crippen molar-refractivity contribution in [2.45, 2.75) is 13.3 Å². The van der Waals surface area contributed by atoms with Gasteiger partial charge in [-0.05, 0) is 34.0 Å². The minimum absolute atomic E-state index is 0.000909. The normalized spacial score (nSPS) is 13.6. The second-order valence-electron chi connectivity index (χ2n) is 3.72. The van der Waals surface area contributed by atoms with E-state index in [-0.39, 0.29) is 12.3 Å². The summed E-state index contributed by atoms with van der Waals surface area (Å²) in [5.41, 5.74) is 6.95. The van der Waals surface area contributed by atoms with Crippen LogP contribution in [-0.4, -0.2) is 25.5 Å². The summed E-state index contributed by atoms with van der Waals surface area (Å²) in [5, 5.41) is 0. The molecule has 0 aromatic heterocycles. The second kappa shape index (κ2) is 5.06. The lowest BCUT2D eigenvalue weighted by molar-refractivity contribution is 0.0999. The van der Waals surface area contributed by atoms with Crippen LogP contribution in [0.3, 0.4) is 0 Å². The average molecular weight is 300 g/mol. The van der Waals surface area contributed by atoms with E-state index in [2.05, 4.69) is 15.9 Å². The van der Waals surface area contributed by atoms with Gasteiger partial charge in [-0.3, -0.25) is 4.79 Å². The molecule has 0 amide bonds. The largest absolute Gasteiger partial charge is 0.486 e. The third-order valence-corrected chi connectivity index (χ3v) is 3.55. The number of nitrogens with two attached hydrogens (primary N) is 1. The van der Waals surface area contributed by atoms with Crippen molar-refractivity contribution in [1.29, 1.82) is 0 Å². The molecule has 5 heteroatoms. The predicted molar refractivity (Wildman–Crippen MR) is 67.9 cm³/mol. The highest BCUT2D eigenvalue weighted by atomic mass is 79.9. The number of carbonyl (C=O) groups excluding carboxylic acids is 1. The summed E-state index contributed by atoms with van der Waals surface area (Å²) in [7, 11) is 0. The van der Waals surface area contributed by atoms with Gasteiger partial charge in [-0.25, -0.2) is 0 Å². The zero-order valence-electron chi connectivity index (χ0n) is 9.59. The van der Waals surface area contributed by atoms with Crippen LogP contribution < -0.4 is 15.2 Å². The van der Waals surface area contributed by atoms with Gasteiger partial charge in [0.25, 0.3) is 0 Å². The van der Waals surface area contributed by atoms with Crippen LogP contribution in [0.25, 0.3) is 0 Å². The molecule has 0 radical (unpaired) electrons. The van der Waals surface area contributed by atoms with Crippen LogP contribution in [-0.2, 0) is 6.42 Å². The molecule has 4 nitrogen and oxygen atoms in total. The van der Waals surface area contributed by atoms with Gasteiger partial charge < -0.3 is 15.2 Å². The van der Waals surface area contributed by atoms with Gasteiger partial charge in [0.15, 0.2) is 17.3 Å². The fraction of sp³-hybridized carbons (Fsp3) is 0.417. The maximum atomic E-state index is 11.8. The lowest BCUT2D eigenvalue weighted by Gasteiger charge is -2.22. The molecule has 0 aliphatic carbocycles. The lowest BCUT2D eigenvalue weighted by Crippen LogP contribution is -2.20. The molecule has 0 bridgehead atoms. The number of benzene rings is 1. The summed E-state index contributed by atoms with van der Waals surface area (Å²) in [6.07, 6.45) is 0.734. The summed E-state index contributed by atoms with van der Waals surface area (Å²) < 4.78 is 11.8. The Kier molecular flexibility index (Phi) is 3.69. The first kappa shape index (κ1) is 12.4. The van der Waals surface area contributed by atoms with Crippen molar-refractivity contribution in [2.75, 3.05) is 19.8 Å². The average Bonchev–Trinajstić information content (AvgIpc) is 2.37. The fourth-order valence-electron chi connectivity index (χ4n) is 1.89. The summed E-state index contributed by atoms with van der Waals surface area (Å²) >= 11 is 3.48. The lowest BCUT2D eigenvalue weighted by atomic mass is 10.00. The first-order chi connectivity index (χ1) is 8.19. The quantitative estimate of drug-likeness (QED) is 0.866. The summed E-state index contributed by atoms with van der Waals surface area (Å²) in [6.45, 7) is 3.02. The van der Waals surface area contributed by atoms with Crippen LogP contribution in [0.15, 0.2) is 10.5 Å². The van der Waals surface area contributed by atoms with Gasteiger partial charge in [-0.2, -0.15) is 0 Å². The van der Waals surface area contributed by atoms with Crippen LogP contribution in [0.4, 0.5) is 0 Å². The first-order valence-electron chi connectivity index (χ1n) is 5.53. The highest BCUT2D eigenvalue weighted by Crippen LogP contribution is 2.41. The minimum Gasteiger partial charge on any atom is -0.486 e. The second-order valence-corrected chi connectivity index (χ2v) is 4.51. The number of carbonyl (C=O) groups is 1. The van der Waals surface area contributed by atoms with E-state index in [0.717, 1.165) is 16.5 Å². The van der Waals surface area contributed by atoms with Gasteiger partial charge in [0, 0.05) is 5.56 Å². The van der Waals surface area contributed by atoms with Crippen molar-refractivity contribution in [2.24, 2.45) is 5.73 Å². The van der Waals surface area contributed by atoms with E-state index in [9.17, 15) is 4.79 Å². The van der Waals surface area contributed by atoms with Gasteiger partial charge in [0.2, 0.25) is 0 Å². The van der Waals surface area contributed by atoms with E-state index < -0.39 is 0 Å². The smallest absolute Gasteiger partial charge is 0.176 e. The third-order valence-electron chi connectivity index (χ3n) is 2.72. The maximum absolute atomic E-state index is 11.8. The van der Waals surface area contributed by atoms with Gasteiger partial charge >= 0.3 is 0 Å². The monoisotopic (exact) mass is 299 g/mol. The van der Waals surface area contributed by atoms with Crippen LogP contribution in [0.5, 0.6) is 11.5 Å². The number of halogens is 1. The Morgan fingerprint density at radius 2 is 2.18 bits per heavy atom. The number of rotatable bonds is 3. The summed E-state index contributed by atoms with van der Waals surface area (Å²) in [4.78, 5) is 11.8.